The van der Waals surface area contributed by atoms with E-state index in [-0.39, 0.29) is 11.8 Å². The Morgan fingerprint density at radius 2 is 2.50 bits per heavy atom. The van der Waals surface area contributed by atoms with E-state index in [4.69, 9.17) is 0 Å². The lowest BCUT2D eigenvalue weighted by Gasteiger charge is -1.99. The molecule has 0 aromatic carbocycles. The highest BCUT2D eigenvalue weighted by Crippen LogP contribution is 2.26. The first kappa shape index (κ1) is 9.21. The summed E-state index contributed by atoms with van der Waals surface area (Å²) in [6.07, 6.45) is 2.40. The van der Waals surface area contributed by atoms with Gasteiger partial charge in [0.15, 0.2) is 0 Å². The molecule has 0 saturated carbocycles. The van der Waals surface area contributed by atoms with Crippen molar-refractivity contribution >= 4 is 23.1 Å². The first-order chi connectivity index (χ1) is 6.81. The lowest BCUT2D eigenvalue weighted by atomic mass is 10.3. The van der Waals surface area contributed by atoms with Gasteiger partial charge in [0.25, 0.3) is 0 Å². The summed E-state index contributed by atoms with van der Waals surface area (Å²) >= 11 is 1.44. The minimum atomic E-state index is -0.295. The fourth-order valence-corrected chi connectivity index (χ4v) is 2.14. The van der Waals surface area contributed by atoms with Crippen molar-refractivity contribution in [3.63, 3.8) is 0 Å². The van der Waals surface area contributed by atoms with Crippen LogP contribution in [0.15, 0.2) is 23.3 Å². The van der Waals surface area contributed by atoms with Crippen LogP contribution in [0.4, 0.5) is 0 Å². The quantitative estimate of drug-likeness (QED) is 0.732. The van der Waals surface area contributed by atoms with Crippen LogP contribution in [0.3, 0.4) is 0 Å². The third kappa shape index (κ3) is 1.63. The van der Waals surface area contributed by atoms with Gasteiger partial charge in [-0.3, -0.25) is 9.98 Å². The van der Waals surface area contributed by atoms with E-state index in [0.717, 1.165) is 6.29 Å². The summed E-state index contributed by atoms with van der Waals surface area (Å²) in [6.45, 7) is 0. The summed E-state index contributed by atoms with van der Waals surface area (Å²) in [4.78, 5) is 18.6. The highest BCUT2D eigenvalue weighted by Gasteiger charge is 2.21. The zero-order valence-electron chi connectivity index (χ0n) is 7.25. The van der Waals surface area contributed by atoms with E-state index < -0.39 is 0 Å². The predicted octanol–water partition coefficient (Wildman–Crippen LogP) is 0.848. The number of carbonyl (C=O) groups excluding carboxylic acids is 1. The Morgan fingerprint density at radius 1 is 1.64 bits per heavy atom. The molecular formula is C9H8N2O2S. The first-order valence-electron chi connectivity index (χ1n) is 4.11. The Labute approximate surface area is 85.1 Å². The Morgan fingerprint density at radius 3 is 3.14 bits per heavy atom. The SMILES string of the molecule is O=C[C@@H]1CSC(c2ncccc2O)=N1. The lowest BCUT2D eigenvalue weighted by Crippen LogP contribution is -2.03. The monoisotopic (exact) mass is 208 g/mol. The Hall–Kier alpha value is -1.36. The molecule has 1 aromatic rings. The van der Waals surface area contributed by atoms with E-state index >= 15 is 0 Å². The van der Waals surface area contributed by atoms with Crippen LogP contribution < -0.4 is 0 Å². The molecule has 4 nitrogen and oxygen atoms in total. The van der Waals surface area contributed by atoms with Gasteiger partial charge in [0.1, 0.15) is 28.8 Å². The maximum Gasteiger partial charge on any atom is 0.145 e. The molecule has 0 unspecified atom stereocenters. The number of hydrogen-bond acceptors (Lipinski definition) is 5. The molecular weight excluding hydrogens is 200 g/mol. The van der Waals surface area contributed by atoms with Crippen molar-refractivity contribution in [1.82, 2.24) is 4.98 Å². The minimum absolute atomic E-state index is 0.102. The van der Waals surface area contributed by atoms with Crippen molar-refractivity contribution in [3.05, 3.63) is 24.0 Å². The van der Waals surface area contributed by atoms with Gasteiger partial charge >= 0.3 is 0 Å². The van der Waals surface area contributed by atoms with Gasteiger partial charge in [-0.2, -0.15) is 0 Å². The second kappa shape index (κ2) is 3.79. The van der Waals surface area contributed by atoms with Crippen LogP contribution in [-0.2, 0) is 4.79 Å². The molecule has 0 radical (unpaired) electrons. The van der Waals surface area contributed by atoms with Crippen LogP contribution >= 0.6 is 11.8 Å². The van der Waals surface area contributed by atoms with Crippen LogP contribution in [0, 0.1) is 0 Å². The van der Waals surface area contributed by atoms with Crippen LogP contribution in [0.5, 0.6) is 5.75 Å². The number of aromatic nitrogens is 1. The van der Waals surface area contributed by atoms with Crippen molar-refractivity contribution in [2.24, 2.45) is 4.99 Å². The number of hydrogen-bond donors (Lipinski definition) is 1. The number of pyridine rings is 1. The van der Waals surface area contributed by atoms with Crippen molar-refractivity contribution < 1.29 is 9.90 Å². The van der Waals surface area contributed by atoms with E-state index in [1.807, 2.05) is 0 Å². The molecule has 0 aliphatic carbocycles. The standard InChI is InChI=1S/C9H8N2O2S/c12-4-6-5-14-9(11-6)8-7(13)2-1-3-10-8/h1-4,6,13H,5H2/t6-/m1/s1. The molecule has 0 spiro atoms. The number of aliphatic imine (C=N–C) groups is 1. The van der Waals surface area contributed by atoms with E-state index in [1.165, 1.54) is 11.8 Å². The molecule has 2 heterocycles. The summed E-state index contributed by atoms with van der Waals surface area (Å²) in [7, 11) is 0. The molecule has 0 saturated heterocycles. The van der Waals surface area contributed by atoms with Gasteiger partial charge < -0.3 is 9.90 Å². The average Bonchev–Trinajstić information content (AvgIpc) is 2.67. The van der Waals surface area contributed by atoms with Gasteiger partial charge in [-0.1, -0.05) is 0 Å². The molecule has 0 amide bonds. The second-order valence-electron chi connectivity index (χ2n) is 2.82. The fourth-order valence-electron chi connectivity index (χ4n) is 1.15. The third-order valence-electron chi connectivity index (χ3n) is 1.82. The molecule has 1 aliphatic heterocycles. The van der Waals surface area contributed by atoms with Crippen LogP contribution in [0.1, 0.15) is 5.69 Å². The number of thioether (sulfide) groups is 1. The van der Waals surface area contributed by atoms with Gasteiger partial charge in [0, 0.05) is 11.9 Å². The molecule has 0 bridgehead atoms. The summed E-state index contributed by atoms with van der Waals surface area (Å²) in [6, 6.07) is 2.91. The van der Waals surface area contributed by atoms with Crippen molar-refractivity contribution in [1.29, 1.82) is 0 Å². The normalized spacial score (nSPS) is 20.6. The van der Waals surface area contributed by atoms with E-state index in [9.17, 15) is 9.90 Å². The molecule has 1 aromatic heterocycles. The molecule has 0 fully saturated rings. The molecule has 5 heteroatoms. The van der Waals surface area contributed by atoms with Gasteiger partial charge in [0.2, 0.25) is 0 Å². The van der Waals surface area contributed by atoms with Crippen molar-refractivity contribution in [2.75, 3.05) is 5.75 Å². The van der Waals surface area contributed by atoms with Crippen molar-refractivity contribution in [3.8, 4) is 5.75 Å². The van der Waals surface area contributed by atoms with Gasteiger partial charge in [-0.25, -0.2) is 0 Å². The Bertz CT molecular complexity index is 392. The van der Waals surface area contributed by atoms with E-state index in [1.54, 1.807) is 18.3 Å². The van der Waals surface area contributed by atoms with E-state index in [0.29, 0.717) is 16.5 Å². The van der Waals surface area contributed by atoms with Crippen LogP contribution in [0.2, 0.25) is 0 Å². The van der Waals surface area contributed by atoms with Crippen LogP contribution in [0.25, 0.3) is 0 Å². The largest absolute Gasteiger partial charge is 0.506 e. The third-order valence-corrected chi connectivity index (χ3v) is 2.90. The van der Waals surface area contributed by atoms with Crippen LogP contribution in [-0.4, -0.2) is 33.2 Å². The molecule has 14 heavy (non-hydrogen) atoms. The molecule has 1 N–H and O–H groups in total. The van der Waals surface area contributed by atoms with Crippen molar-refractivity contribution in [2.45, 2.75) is 6.04 Å². The summed E-state index contributed by atoms with van der Waals surface area (Å²) < 4.78 is 0. The number of aldehydes is 1. The molecule has 1 atom stereocenters. The lowest BCUT2D eigenvalue weighted by molar-refractivity contribution is -0.108. The molecule has 72 valence electrons. The Kier molecular flexibility index (Phi) is 2.49. The summed E-state index contributed by atoms with van der Waals surface area (Å²) in [5, 5.41) is 10.1. The highest BCUT2D eigenvalue weighted by atomic mass is 32.2. The van der Waals surface area contributed by atoms with E-state index in [2.05, 4.69) is 9.98 Å². The van der Waals surface area contributed by atoms with Gasteiger partial charge in [0.05, 0.1) is 0 Å². The van der Waals surface area contributed by atoms with Gasteiger partial charge in [-0.15, -0.1) is 11.8 Å². The number of aromatic hydroxyl groups is 1. The highest BCUT2D eigenvalue weighted by molar-refractivity contribution is 8.14. The molecule has 1 aliphatic rings. The molecule has 2 rings (SSSR count). The average molecular weight is 208 g/mol. The maximum absolute atomic E-state index is 10.5. The maximum atomic E-state index is 10.5. The zero-order valence-corrected chi connectivity index (χ0v) is 8.07. The van der Waals surface area contributed by atoms with Gasteiger partial charge in [-0.05, 0) is 12.1 Å². The fraction of sp³-hybridized carbons (Fsp3) is 0.222. The first-order valence-corrected chi connectivity index (χ1v) is 5.10. The predicted molar refractivity (Wildman–Crippen MR) is 54.7 cm³/mol. The number of rotatable bonds is 2. The number of carbonyl (C=O) groups is 1. The Balaban J connectivity index is 2.33. The zero-order chi connectivity index (χ0) is 9.97. The minimum Gasteiger partial charge on any atom is -0.506 e. The summed E-state index contributed by atoms with van der Waals surface area (Å²) in [5.74, 6) is 0.736. The topological polar surface area (TPSA) is 62.5 Å². The smallest absolute Gasteiger partial charge is 0.145 e. The second-order valence-corrected chi connectivity index (χ2v) is 3.83. The summed E-state index contributed by atoms with van der Waals surface area (Å²) in [5.41, 5.74) is 0.460. The number of nitrogens with zero attached hydrogens (tertiary/aromatic N) is 2.